The Bertz CT molecular complexity index is 1050. The Kier molecular flexibility index (Phi) is 4.53. The predicted octanol–water partition coefficient (Wildman–Crippen LogP) is 1.97. The Morgan fingerprint density at radius 1 is 0.935 bits per heavy atom. The normalized spacial score (nSPS) is 19.9. The summed E-state index contributed by atoms with van der Waals surface area (Å²) in [5, 5.41) is 0. The van der Waals surface area contributed by atoms with Crippen LogP contribution < -0.4 is 25.6 Å². The van der Waals surface area contributed by atoms with Crippen molar-refractivity contribution in [2.75, 3.05) is 52.8 Å². The van der Waals surface area contributed by atoms with E-state index >= 15 is 0 Å². The topological polar surface area (TPSA) is 85.3 Å². The zero-order chi connectivity index (χ0) is 20.6. The molecule has 2 aromatic heterocycles. The molecule has 1 saturated heterocycles. The number of nitrogens with zero attached hydrogens (tertiary/aromatic N) is 7. The van der Waals surface area contributed by atoms with Crippen LogP contribution in [-0.4, -0.2) is 52.7 Å². The molecule has 0 amide bonds. The van der Waals surface area contributed by atoms with Gasteiger partial charge in [0.05, 0.1) is 17.8 Å². The van der Waals surface area contributed by atoms with Crippen LogP contribution in [0.1, 0.15) is 23.6 Å². The second kappa shape index (κ2) is 7.66. The summed E-state index contributed by atoms with van der Waals surface area (Å²) in [6, 6.07) is 10.9. The minimum Gasteiger partial charge on any atom is -0.352 e. The minimum atomic E-state index is 0.277. The third-order valence-electron chi connectivity index (χ3n) is 6.27. The standard InChI is InChI=1S/C22H25N9/c1-2-4-16(5-3-1)15-31-9-6-17-19-20(28-27-17)25-22(26-21(19)31)30-12-10-29(11-13-30)18-14-23-7-8-24-18/h1-5,7-8,14,17,27H,6,9-13,15H2,(H,25,26,28). The van der Waals surface area contributed by atoms with Crippen LogP contribution in [-0.2, 0) is 6.54 Å². The molecule has 1 fully saturated rings. The molecule has 0 spiro atoms. The molecule has 31 heavy (non-hydrogen) atoms. The van der Waals surface area contributed by atoms with Crippen molar-refractivity contribution in [1.29, 1.82) is 0 Å². The van der Waals surface area contributed by atoms with Crippen molar-refractivity contribution in [3.8, 4) is 0 Å². The third-order valence-corrected chi connectivity index (χ3v) is 6.27. The fourth-order valence-electron chi connectivity index (χ4n) is 4.63. The molecular weight excluding hydrogens is 390 g/mol. The molecule has 9 heteroatoms. The highest BCUT2D eigenvalue weighted by Crippen LogP contribution is 2.41. The lowest BCUT2D eigenvalue weighted by atomic mass is 10.0. The predicted molar refractivity (Wildman–Crippen MR) is 120 cm³/mol. The Labute approximate surface area is 181 Å². The average molecular weight is 416 g/mol. The lowest BCUT2D eigenvalue weighted by Gasteiger charge is -2.36. The number of nitrogens with one attached hydrogen (secondary N) is 2. The van der Waals surface area contributed by atoms with E-state index in [0.717, 1.165) is 69.1 Å². The van der Waals surface area contributed by atoms with E-state index < -0.39 is 0 Å². The molecule has 3 aliphatic heterocycles. The van der Waals surface area contributed by atoms with Crippen molar-refractivity contribution in [2.45, 2.75) is 19.0 Å². The maximum absolute atomic E-state index is 5.08. The van der Waals surface area contributed by atoms with Crippen LogP contribution in [0.2, 0.25) is 0 Å². The van der Waals surface area contributed by atoms with Crippen LogP contribution in [0.15, 0.2) is 48.9 Å². The first-order valence-electron chi connectivity index (χ1n) is 10.8. The monoisotopic (exact) mass is 415 g/mol. The first-order chi connectivity index (χ1) is 15.3. The van der Waals surface area contributed by atoms with Crippen LogP contribution in [0.5, 0.6) is 0 Å². The summed E-state index contributed by atoms with van der Waals surface area (Å²) in [6.45, 7) is 5.27. The van der Waals surface area contributed by atoms with Crippen LogP contribution in [0, 0.1) is 0 Å². The smallest absolute Gasteiger partial charge is 0.229 e. The first kappa shape index (κ1) is 18.3. The van der Waals surface area contributed by atoms with E-state index in [-0.39, 0.29) is 6.04 Å². The van der Waals surface area contributed by atoms with Crippen LogP contribution in [0.3, 0.4) is 0 Å². The Hall–Kier alpha value is -3.46. The minimum absolute atomic E-state index is 0.277. The number of aromatic nitrogens is 4. The number of hydrogen-bond donors (Lipinski definition) is 2. The van der Waals surface area contributed by atoms with Gasteiger partial charge >= 0.3 is 0 Å². The molecule has 5 heterocycles. The van der Waals surface area contributed by atoms with Crippen molar-refractivity contribution in [3.05, 3.63) is 60.0 Å². The van der Waals surface area contributed by atoms with Crippen LogP contribution in [0.4, 0.5) is 23.4 Å². The van der Waals surface area contributed by atoms with Gasteiger partial charge in [-0.2, -0.15) is 9.97 Å². The van der Waals surface area contributed by atoms with Crippen molar-refractivity contribution < 1.29 is 0 Å². The van der Waals surface area contributed by atoms with E-state index in [2.05, 4.69) is 65.9 Å². The molecule has 3 aliphatic rings. The maximum Gasteiger partial charge on any atom is 0.229 e. The second-order valence-corrected chi connectivity index (χ2v) is 8.16. The summed E-state index contributed by atoms with van der Waals surface area (Å²) < 4.78 is 0. The molecule has 1 atom stereocenters. The van der Waals surface area contributed by atoms with Crippen molar-refractivity contribution in [2.24, 2.45) is 0 Å². The summed E-state index contributed by atoms with van der Waals surface area (Å²) in [5.74, 6) is 3.69. The zero-order valence-corrected chi connectivity index (χ0v) is 17.3. The molecular formula is C22H25N9. The fraction of sp³-hybridized carbons (Fsp3) is 0.364. The molecule has 0 saturated carbocycles. The molecule has 3 aromatic rings. The van der Waals surface area contributed by atoms with Crippen molar-refractivity contribution in [1.82, 2.24) is 25.4 Å². The molecule has 6 rings (SSSR count). The van der Waals surface area contributed by atoms with Gasteiger partial charge in [-0.25, -0.2) is 10.4 Å². The summed E-state index contributed by atoms with van der Waals surface area (Å²) in [6.07, 6.45) is 6.31. The van der Waals surface area contributed by atoms with Gasteiger partial charge in [-0.15, -0.1) is 0 Å². The van der Waals surface area contributed by atoms with E-state index in [0.29, 0.717) is 0 Å². The third kappa shape index (κ3) is 3.40. The molecule has 9 nitrogen and oxygen atoms in total. The maximum atomic E-state index is 5.08. The average Bonchev–Trinajstić information content (AvgIpc) is 3.26. The van der Waals surface area contributed by atoms with Gasteiger partial charge in [-0.1, -0.05) is 30.3 Å². The molecule has 0 bridgehead atoms. The van der Waals surface area contributed by atoms with Crippen LogP contribution in [0.25, 0.3) is 0 Å². The molecule has 0 aliphatic carbocycles. The highest BCUT2D eigenvalue weighted by atomic mass is 15.5. The highest BCUT2D eigenvalue weighted by molar-refractivity contribution is 5.67. The Balaban J connectivity index is 1.26. The summed E-state index contributed by atoms with van der Waals surface area (Å²) in [5.41, 5.74) is 9.18. The Morgan fingerprint density at radius 2 is 1.77 bits per heavy atom. The quantitative estimate of drug-likeness (QED) is 0.664. The van der Waals surface area contributed by atoms with Crippen molar-refractivity contribution in [3.63, 3.8) is 0 Å². The zero-order valence-electron chi connectivity index (χ0n) is 17.3. The number of benzene rings is 1. The van der Waals surface area contributed by atoms with E-state index in [4.69, 9.17) is 9.97 Å². The van der Waals surface area contributed by atoms with Gasteiger partial charge in [0.1, 0.15) is 11.6 Å². The number of hydrazine groups is 1. The Morgan fingerprint density at radius 3 is 2.58 bits per heavy atom. The van der Waals surface area contributed by atoms with E-state index in [1.54, 1.807) is 12.4 Å². The molecule has 1 aromatic carbocycles. The lowest BCUT2D eigenvalue weighted by Crippen LogP contribution is -2.47. The van der Waals surface area contributed by atoms with Gasteiger partial charge in [0, 0.05) is 51.7 Å². The summed E-state index contributed by atoms with van der Waals surface area (Å²) in [7, 11) is 0. The second-order valence-electron chi connectivity index (χ2n) is 8.16. The molecule has 158 valence electrons. The fourth-order valence-corrected chi connectivity index (χ4v) is 4.63. The van der Waals surface area contributed by atoms with Gasteiger partial charge in [0.2, 0.25) is 5.95 Å². The van der Waals surface area contributed by atoms with Gasteiger partial charge in [-0.3, -0.25) is 4.98 Å². The number of anilines is 4. The van der Waals surface area contributed by atoms with E-state index in [1.807, 2.05) is 6.20 Å². The van der Waals surface area contributed by atoms with Gasteiger partial charge in [0.15, 0.2) is 5.82 Å². The largest absolute Gasteiger partial charge is 0.352 e. The number of hydrogen-bond acceptors (Lipinski definition) is 9. The van der Waals surface area contributed by atoms with Gasteiger partial charge in [0.25, 0.3) is 0 Å². The first-order valence-corrected chi connectivity index (χ1v) is 10.8. The molecule has 1 unspecified atom stereocenters. The van der Waals surface area contributed by atoms with Crippen LogP contribution >= 0.6 is 0 Å². The summed E-state index contributed by atoms with van der Waals surface area (Å²) >= 11 is 0. The summed E-state index contributed by atoms with van der Waals surface area (Å²) in [4.78, 5) is 25.5. The van der Waals surface area contributed by atoms with E-state index in [9.17, 15) is 0 Å². The molecule has 0 radical (unpaired) electrons. The highest BCUT2D eigenvalue weighted by Gasteiger charge is 2.35. The van der Waals surface area contributed by atoms with E-state index in [1.165, 1.54) is 11.1 Å². The number of rotatable bonds is 4. The van der Waals surface area contributed by atoms with Crippen molar-refractivity contribution >= 4 is 23.4 Å². The SMILES string of the molecule is c1ccc(CN2CCC3NNc4nc(N5CCN(c6cnccn6)CC5)nc2c43)cc1. The number of piperazine rings is 1. The van der Waals surface area contributed by atoms with Gasteiger partial charge < -0.3 is 20.1 Å². The molecule has 2 N–H and O–H groups in total. The lowest BCUT2D eigenvalue weighted by molar-refractivity contribution is 0.533. The van der Waals surface area contributed by atoms with Gasteiger partial charge in [-0.05, 0) is 12.0 Å².